The van der Waals surface area contributed by atoms with Crippen molar-refractivity contribution in [1.82, 2.24) is 0 Å². The molecular formula is C18H16Cl2NO5PS. The number of hydrogen-bond acceptors (Lipinski definition) is 3. The van der Waals surface area contributed by atoms with Crippen molar-refractivity contribution in [1.29, 1.82) is 0 Å². The molecule has 0 radical (unpaired) electrons. The highest BCUT2D eigenvalue weighted by atomic mass is 35.5. The van der Waals surface area contributed by atoms with Gasteiger partial charge >= 0.3 is 7.60 Å². The van der Waals surface area contributed by atoms with E-state index >= 15 is 0 Å². The zero-order chi connectivity index (χ0) is 20.7. The standard InChI is InChI=1S/C18H16Cl2NO5PS/c1-12-6-13-4-2-3-5-14(13)7-18(12)21(11-27(22,23)24)28(25,26)17-9-15(19)8-16(20)10-17/h2-10H,11H2,1H3,(H2,22,23,24). The third kappa shape index (κ3) is 4.51. The van der Waals surface area contributed by atoms with Crippen LogP contribution in [0.4, 0.5) is 5.69 Å². The number of nitrogens with zero attached hydrogens (tertiary/aromatic N) is 1. The van der Waals surface area contributed by atoms with Crippen LogP contribution in [0.1, 0.15) is 5.56 Å². The van der Waals surface area contributed by atoms with E-state index in [1.54, 1.807) is 31.2 Å². The molecule has 0 amide bonds. The summed E-state index contributed by atoms with van der Waals surface area (Å²) >= 11 is 11.9. The molecule has 0 heterocycles. The Balaban J connectivity index is 2.25. The summed E-state index contributed by atoms with van der Waals surface area (Å²) in [5.74, 6) is 0. The molecule has 0 fully saturated rings. The van der Waals surface area contributed by atoms with Crippen molar-refractivity contribution in [3.05, 3.63) is 70.2 Å². The Bertz CT molecular complexity index is 1190. The Morgan fingerprint density at radius 3 is 2.04 bits per heavy atom. The van der Waals surface area contributed by atoms with Gasteiger partial charge in [-0.1, -0.05) is 47.5 Å². The number of aryl methyl sites for hydroxylation is 1. The summed E-state index contributed by atoms with van der Waals surface area (Å²) in [7, 11) is -9.08. The molecular weight excluding hydrogens is 444 g/mol. The van der Waals surface area contributed by atoms with Crippen LogP contribution < -0.4 is 4.31 Å². The number of sulfonamides is 1. The summed E-state index contributed by atoms with van der Waals surface area (Å²) in [6, 6.07) is 14.4. The Morgan fingerprint density at radius 2 is 1.50 bits per heavy atom. The molecule has 0 saturated carbocycles. The maximum absolute atomic E-state index is 13.3. The summed E-state index contributed by atoms with van der Waals surface area (Å²) < 4.78 is 39.0. The molecule has 0 aliphatic heterocycles. The first-order valence-corrected chi connectivity index (χ1v) is 12.0. The SMILES string of the molecule is Cc1cc2ccccc2cc1N(CP(=O)(O)O)S(=O)(=O)c1cc(Cl)cc(Cl)c1. The quantitative estimate of drug-likeness (QED) is 0.535. The number of anilines is 1. The van der Waals surface area contributed by atoms with Gasteiger partial charge in [-0.2, -0.15) is 0 Å². The highest BCUT2D eigenvalue weighted by molar-refractivity contribution is 7.93. The van der Waals surface area contributed by atoms with E-state index in [2.05, 4.69) is 0 Å². The fraction of sp³-hybridized carbons (Fsp3) is 0.111. The third-order valence-corrected chi connectivity index (χ3v) is 7.09. The molecule has 0 spiro atoms. The van der Waals surface area contributed by atoms with Crippen LogP contribution in [0.5, 0.6) is 0 Å². The largest absolute Gasteiger partial charge is 0.345 e. The van der Waals surface area contributed by atoms with Crippen LogP contribution in [0, 0.1) is 6.92 Å². The second-order valence-electron chi connectivity index (χ2n) is 6.25. The van der Waals surface area contributed by atoms with E-state index in [1.807, 2.05) is 12.1 Å². The van der Waals surface area contributed by atoms with Crippen molar-refractivity contribution >= 4 is 57.3 Å². The van der Waals surface area contributed by atoms with Gasteiger partial charge < -0.3 is 9.79 Å². The zero-order valence-electron chi connectivity index (χ0n) is 14.6. The maximum Gasteiger partial charge on any atom is 0.345 e. The highest BCUT2D eigenvalue weighted by Gasteiger charge is 2.32. The molecule has 6 nitrogen and oxygen atoms in total. The van der Waals surface area contributed by atoms with Crippen molar-refractivity contribution in [2.45, 2.75) is 11.8 Å². The number of fused-ring (bicyclic) bond motifs is 1. The van der Waals surface area contributed by atoms with Gasteiger partial charge in [0.2, 0.25) is 0 Å². The van der Waals surface area contributed by atoms with Crippen molar-refractivity contribution < 1.29 is 22.8 Å². The Labute approximate surface area is 172 Å². The lowest BCUT2D eigenvalue weighted by molar-refractivity contribution is 0.373. The topological polar surface area (TPSA) is 94.9 Å². The predicted octanol–water partition coefficient (Wildman–Crippen LogP) is 4.79. The molecule has 0 aromatic heterocycles. The summed E-state index contributed by atoms with van der Waals surface area (Å²) in [5.41, 5.74) is 0.710. The van der Waals surface area contributed by atoms with Crippen molar-refractivity contribution in [3.8, 4) is 0 Å². The molecule has 28 heavy (non-hydrogen) atoms. The molecule has 148 valence electrons. The van der Waals surface area contributed by atoms with E-state index in [-0.39, 0.29) is 20.6 Å². The van der Waals surface area contributed by atoms with Crippen LogP contribution in [0.2, 0.25) is 10.0 Å². The van der Waals surface area contributed by atoms with E-state index in [9.17, 15) is 22.8 Å². The molecule has 0 saturated heterocycles. The number of hydrogen-bond donors (Lipinski definition) is 2. The smallest absolute Gasteiger partial charge is 0.323 e. The zero-order valence-corrected chi connectivity index (χ0v) is 17.8. The first-order chi connectivity index (χ1) is 13.0. The third-order valence-electron chi connectivity index (χ3n) is 4.07. The Hall–Kier alpha value is -1.60. The van der Waals surface area contributed by atoms with Crippen LogP contribution >= 0.6 is 30.8 Å². The van der Waals surface area contributed by atoms with Gasteiger partial charge in [0.1, 0.15) is 6.29 Å². The van der Waals surface area contributed by atoms with Crippen LogP contribution in [-0.2, 0) is 14.6 Å². The van der Waals surface area contributed by atoms with Gasteiger partial charge in [-0.05, 0) is 53.6 Å². The lowest BCUT2D eigenvalue weighted by atomic mass is 10.1. The average Bonchev–Trinajstić information content (AvgIpc) is 2.57. The molecule has 3 aromatic rings. The van der Waals surface area contributed by atoms with Gasteiger partial charge in [-0.25, -0.2) is 8.42 Å². The average molecular weight is 460 g/mol. The lowest BCUT2D eigenvalue weighted by Gasteiger charge is -2.27. The Morgan fingerprint density at radius 1 is 0.964 bits per heavy atom. The maximum atomic E-state index is 13.3. The summed E-state index contributed by atoms with van der Waals surface area (Å²) in [6.07, 6.45) is -1.02. The number of halogens is 2. The lowest BCUT2D eigenvalue weighted by Crippen LogP contribution is -2.32. The van der Waals surface area contributed by atoms with Crippen LogP contribution in [0.3, 0.4) is 0 Å². The second-order valence-corrected chi connectivity index (χ2v) is 10.6. The van der Waals surface area contributed by atoms with E-state index in [0.717, 1.165) is 10.8 Å². The van der Waals surface area contributed by atoms with Gasteiger partial charge in [0.15, 0.2) is 0 Å². The van der Waals surface area contributed by atoms with Crippen molar-refractivity contribution in [3.63, 3.8) is 0 Å². The summed E-state index contributed by atoms with van der Waals surface area (Å²) in [4.78, 5) is 18.8. The van der Waals surface area contributed by atoms with Gasteiger partial charge in [-0.3, -0.25) is 8.87 Å². The molecule has 0 bridgehead atoms. The molecule has 3 aromatic carbocycles. The summed E-state index contributed by atoms with van der Waals surface area (Å²) in [6.45, 7) is 1.68. The fourth-order valence-electron chi connectivity index (χ4n) is 2.86. The minimum Gasteiger partial charge on any atom is -0.323 e. The number of benzene rings is 3. The second kappa shape index (κ2) is 7.67. The predicted molar refractivity (Wildman–Crippen MR) is 112 cm³/mol. The molecule has 0 atom stereocenters. The molecule has 2 N–H and O–H groups in total. The first-order valence-electron chi connectivity index (χ1n) is 8.00. The van der Waals surface area contributed by atoms with E-state index < -0.39 is 23.9 Å². The van der Waals surface area contributed by atoms with Crippen molar-refractivity contribution in [2.75, 3.05) is 10.6 Å². The monoisotopic (exact) mass is 459 g/mol. The van der Waals surface area contributed by atoms with Gasteiger partial charge in [-0.15, -0.1) is 0 Å². The molecule has 3 rings (SSSR count). The normalized spacial score (nSPS) is 12.3. The minimum atomic E-state index is -4.73. The fourth-order valence-corrected chi connectivity index (χ4v) is 6.33. The summed E-state index contributed by atoms with van der Waals surface area (Å²) in [5, 5.41) is 1.80. The Kier molecular flexibility index (Phi) is 5.79. The molecule has 0 aliphatic rings. The number of rotatable bonds is 5. The van der Waals surface area contributed by atoms with Crippen LogP contribution in [0.15, 0.2) is 59.5 Å². The van der Waals surface area contributed by atoms with E-state index in [1.165, 1.54) is 18.2 Å². The van der Waals surface area contributed by atoms with Gasteiger partial charge in [0, 0.05) is 10.0 Å². The minimum absolute atomic E-state index is 0.0949. The van der Waals surface area contributed by atoms with Crippen molar-refractivity contribution in [2.24, 2.45) is 0 Å². The molecule has 0 unspecified atom stereocenters. The van der Waals surface area contributed by atoms with Gasteiger partial charge in [0.25, 0.3) is 10.0 Å². The molecule has 0 aliphatic carbocycles. The molecule has 10 heteroatoms. The van der Waals surface area contributed by atoms with Crippen LogP contribution in [0.25, 0.3) is 10.8 Å². The highest BCUT2D eigenvalue weighted by Crippen LogP contribution is 2.41. The van der Waals surface area contributed by atoms with E-state index in [4.69, 9.17) is 23.2 Å². The van der Waals surface area contributed by atoms with Gasteiger partial charge in [0.05, 0.1) is 10.6 Å². The van der Waals surface area contributed by atoms with E-state index in [0.29, 0.717) is 9.87 Å². The first kappa shape index (κ1) is 21.1. The van der Waals surface area contributed by atoms with Crippen LogP contribution in [-0.4, -0.2) is 24.5 Å².